The summed E-state index contributed by atoms with van der Waals surface area (Å²) in [6, 6.07) is 0.718. The Morgan fingerprint density at radius 2 is 2.33 bits per heavy atom. The third-order valence-electron chi connectivity index (χ3n) is 1.89. The second-order valence-corrected chi connectivity index (χ2v) is 2.99. The van der Waals surface area contributed by atoms with Crippen LogP contribution in [0.1, 0.15) is 19.8 Å². The van der Waals surface area contributed by atoms with E-state index in [0.717, 1.165) is 12.7 Å². The summed E-state index contributed by atoms with van der Waals surface area (Å²) < 4.78 is 0. The third kappa shape index (κ3) is 2.33. The van der Waals surface area contributed by atoms with Crippen molar-refractivity contribution in [2.45, 2.75) is 25.8 Å². The Morgan fingerprint density at radius 1 is 1.56 bits per heavy atom. The SMILES string of the molecule is CC1CCCN(C)CN1. The van der Waals surface area contributed by atoms with Gasteiger partial charge in [0.2, 0.25) is 0 Å². The summed E-state index contributed by atoms with van der Waals surface area (Å²) in [6.07, 6.45) is 2.66. The van der Waals surface area contributed by atoms with E-state index in [4.69, 9.17) is 0 Å². The fraction of sp³-hybridized carbons (Fsp3) is 1.00. The first-order valence-corrected chi connectivity index (χ1v) is 3.71. The number of hydrogen-bond acceptors (Lipinski definition) is 2. The summed E-state index contributed by atoms with van der Waals surface area (Å²) in [5, 5.41) is 3.42. The lowest BCUT2D eigenvalue weighted by Gasteiger charge is -2.13. The van der Waals surface area contributed by atoms with E-state index in [2.05, 4.69) is 24.2 Å². The van der Waals surface area contributed by atoms with Crippen LogP contribution in [0.25, 0.3) is 0 Å². The molecule has 2 nitrogen and oxygen atoms in total. The molecule has 1 atom stereocenters. The first kappa shape index (κ1) is 7.03. The minimum Gasteiger partial charge on any atom is -0.302 e. The summed E-state index contributed by atoms with van der Waals surface area (Å²) in [5.41, 5.74) is 0. The quantitative estimate of drug-likeness (QED) is 0.515. The molecule has 1 N–H and O–H groups in total. The van der Waals surface area contributed by atoms with E-state index < -0.39 is 0 Å². The van der Waals surface area contributed by atoms with Gasteiger partial charge in [0.15, 0.2) is 0 Å². The zero-order chi connectivity index (χ0) is 6.69. The van der Waals surface area contributed by atoms with Gasteiger partial charge in [0.1, 0.15) is 0 Å². The maximum atomic E-state index is 3.42. The van der Waals surface area contributed by atoms with Crippen molar-refractivity contribution in [1.29, 1.82) is 0 Å². The average Bonchev–Trinajstić information content (AvgIpc) is 1.97. The van der Waals surface area contributed by atoms with Crippen molar-refractivity contribution in [2.24, 2.45) is 0 Å². The summed E-state index contributed by atoms with van der Waals surface area (Å²) in [4.78, 5) is 2.32. The maximum absolute atomic E-state index is 3.42. The van der Waals surface area contributed by atoms with E-state index in [9.17, 15) is 0 Å². The molecule has 1 unspecified atom stereocenters. The predicted octanol–water partition coefficient (Wildman–Crippen LogP) is 0.648. The van der Waals surface area contributed by atoms with E-state index in [-0.39, 0.29) is 0 Å². The molecule has 1 fully saturated rings. The minimum atomic E-state index is 0.718. The largest absolute Gasteiger partial charge is 0.302 e. The summed E-state index contributed by atoms with van der Waals surface area (Å²) in [5.74, 6) is 0. The van der Waals surface area contributed by atoms with Gasteiger partial charge in [0.05, 0.1) is 0 Å². The molecule has 0 radical (unpaired) electrons. The normalized spacial score (nSPS) is 32.0. The van der Waals surface area contributed by atoms with Crippen LogP contribution in [0.2, 0.25) is 0 Å². The van der Waals surface area contributed by atoms with Crippen LogP contribution in [0.15, 0.2) is 0 Å². The molecule has 2 heteroatoms. The van der Waals surface area contributed by atoms with Gasteiger partial charge in [0, 0.05) is 12.7 Å². The van der Waals surface area contributed by atoms with Crippen LogP contribution in [0.3, 0.4) is 0 Å². The van der Waals surface area contributed by atoms with Crippen LogP contribution in [0, 0.1) is 0 Å². The molecule has 0 aromatic heterocycles. The smallest absolute Gasteiger partial charge is 0.0479 e. The molecular formula is C7H16N2. The monoisotopic (exact) mass is 128 g/mol. The molecule has 9 heavy (non-hydrogen) atoms. The second-order valence-electron chi connectivity index (χ2n) is 2.99. The Hall–Kier alpha value is -0.0800. The van der Waals surface area contributed by atoms with Crippen molar-refractivity contribution in [3.8, 4) is 0 Å². The topological polar surface area (TPSA) is 15.3 Å². The second kappa shape index (κ2) is 3.18. The first-order chi connectivity index (χ1) is 4.29. The van der Waals surface area contributed by atoms with E-state index in [1.165, 1.54) is 19.4 Å². The van der Waals surface area contributed by atoms with Gasteiger partial charge in [-0.15, -0.1) is 0 Å². The average molecular weight is 128 g/mol. The highest BCUT2D eigenvalue weighted by atomic mass is 15.2. The fourth-order valence-corrected chi connectivity index (χ4v) is 1.16. The van der Waals surface area contributed by atoms with E-state index in [1.807, 2.05) is 0 Å². The lowest BCUT2D eigenvalue weighted by atomic mass is 10.2. The van der Waals surface area contributed by atoms with Crippen molar-refractivity contribution in [3.63, 3.8) is 0 Å². The highest BCUT2D eigenvalue weighted by molar-refractivity contribution is 4.65. The van der Waals surface area contributed by atoms with Crippen molar-refractivity contribution >= 4 is 0 Å². The van der Waals surface area contributed by atoms with Gasteiger partial charge in [-0.2, -0.15) is 0 Å². The molecule has 0 saturated carbocycles. The molecule has 1 aliphatic heterocycles. The highest BCUT2D eigenvalue weighted by Crippen LogP contribution is 2.01. The van der Waals surface area contributed by atoms with Gasteiger partial charge in [-0.05, 0) is 33.4 Å². The molecule has 54 valence electrons. The van der Waals surface area contributed by atoms with Gasteiger partial charge >= 0.3 is 0 Å². The summed E-state index contributed by atoms with van der Waals surface area (Å²) in [6.45, 7) is 4.55. The van der Waals surface area contributed by atoms with Crippen LogP contribution in [0.4, 0.5) is 0 Å². The maximum Gasteiger partial charge on any atom is 0.0479 e. The molecule has 0 aliphatic carbocycles. The Bertz CT molecular complexity index is 73.0. The summed E-state index contributed by atoms with van der Waals surface area (Å²) in [7, 11) is 2.16. The summed E-state index contributed by atoms with van der Waals surface area (Å²) >= 11 is 0. The lowest BCUT2D eigenvalue weighted by molar-refractivity contribution is 0.325. The van der Waals surface area contributed by atoms with Crippen LogP contribution < -0.4 is 5.32 Å². The zero-order valence-corrected chi connectivity index (χ0v) is 6.35. The predicted molar refractivity (Wildman–Crippen MR) is 39.3 cm³/mol. The van der Waals surface area contributed by atoms with Crippen LogP contribution in [-0.2, 0) is 0 Å². The molecule has 0 aromatic rings. The number of hydrogen-bond donors (Lipinski definition) is 1. The molecular weight excluding hydrogens is 112 g/mol. The van der Waals surface area contributed by atoms with Gasteiger partial charge in [-0.25, -0.2) is 0 Å². The molecule has 1 rings (SSSR count). The Balaban J connectivity index is 2.25. The van der Waals surface area contributed by atoms with Crippen molar-refractivity contribution in [1.82, 2.24) is 10.2 Å². The molecule has 0 aromatic carbocycles. The fourth-order valence-electron chi connectivity index (χ4n) is 1.16. The van der Waals surface area contributed by atoms with Gasteiger partial charge in [-0.1, -0.05) is 0 Å². The molecule has 1 saturated heterocycles. The van der Waals surface area contributed by atoms with Crippen LogP contribution in [0.5, 0.6) is 0 Å². The first-order valence-electron chi connectivity index (χ1n) is 3.71. The molecule has 0 spiro atoms. The van der Waals surface area contributed by atoms with E-state index in [1.54, 1.807) is 0 Å². The number of rotatable bonds is 0. The minimum absolute atomic E-state index is 0.718. The standard InChI is InChI=1S/C7H16N2/c1-7-4-3-5-9(2)6-8-7/h7-8H,3-6H2,1-2H3. The number of nitrogens with one attached hydrogen (secondary N) is 1. The van der Waals surface area contributed by atoms with Crippen molar-refractivity contribution in [3.05, 3.63) is 0 Å². The van der Waals surface area contributed by atoms with Crippen LogP contribution in [-0.4, -0.2) is 31.2 Å². The number of nitrogens with zero attached hydrogens (tertiary/aromatic N) is 1. The van der Waals surface area contributed by atoms with Gasteiger partial charge in [0.25, 0.3) is 0 Å². The zero-order valence-electron chi connectivity index (χ0n) is 6.35. The molecule has 0 amide bonds. The molecule has 0 bridgehead atoms. The molecule has 1 aliphatic rings. The lowest BCUT2D eigenvalue weighted by Crippen LogP contribution is -2.32. The Morgan fingerprint density at radius 3 is 3.11 bits per heavy atom. The van der Waals surface area contributed by atoms with E-state index in [0.29, 0.717) is 0 Å². The van der Waals surface area contributed by atoms with E-state index >= 15 is 0 Å². The third-order valence-corrected chi connectivity index (χ3v) is 1.89. The van der Waals surface area contributed by atoms with Crippen LogP contribution >= 0.6 is 0 Å². The van der Waals surface area contributed by atoms with Gasteiger partial charge < -0.3 is 5.32 Å². The Labute approximate surface area is 57.2 Å². The highest BCUT2D eigenvalue weighted by Gasteiger charge is 2.07. The molecule has 1 heterocycles. The van der Waals surface area contributed by atoms with Crippen molar-refractivity contribution < 1.29 is 0 Å². The van der Waals surface area contributed by atoms with Gasteiger partial charge in [-0.3, -0.25) is 4.90 Å². The Kier molecular flexibility index (Phi) is 2.49. The van der Waals surface area contributed by atoms with Crippen molar-refractivity contribution in [2.75, 3.05) is 20.3 Å².